The normalized spacial score (nSPS) is 10.3. The van der Waals surface area contributed by atoms with E-state index in [9.17, 15) is 4.79 Å². The lowest BCUT2D eigenvalue weighted by Gasteiger charge is -2.04. The van der Waals surface area contributed by atoms with Crippen molar-refractivity contribution in [3.8, 4) is 0 Å². The van der Waals surface area contributed by atoms with E-state index < -0.39 is 0 Å². The number of hydrogen-bond donors (Lipinski definition) is 1. The second-order valence-electron chi connectivity index (χ2n) is 3.40. The third kappa shape index (κ3) is 2.98. The molecule has 17 heavy (non-hydrogen) atoms. The van der Waals surface area contributed by atoms with E-state index in [1.54, 1.807) is 31.2 Å². The highest BCUT2D eigenvalue weighted by atomic mass is 127. The molecule has 1 aromatic carbocycles. The zero-order chi connectivity index (χ0) is 12.4. The number of hydrogen-bond acceptors (Lipinski definition) is 3. The molecular weight excluding hydrogens is 354 g/mol. The fourth-order valence-electron chi connectivity index (χ4n) is 1.28. The fraction of sp³-hybridized carbons (Fsp3) is 0.0909. The molecule has 0 aliphatic rings. The summed E-state index contributed by atoms with van der Waals surface area (Å²) >= 11 is 7.93. The minimum Gasteiger partial charge on any atom is -0.360 e. The summed E-state index contributed by atoms with van der Waals surface area (Å²) in [5.74, 6) is 0.773. The Hall–Kier alpha value is -1.08. The van der Waals surface area contributed by atoms with Gasteiger partial charge in [0.2, 0.25) is 0 Å². The fourth-order valence-corrected chi connectivity index (χ4v) is 2.03. The van der Waals surface area contributed by atoms with Crippen LogP contribution in [0.2, 0.25) is 5.02 Å². The largest absolute Gasteiger partial charge is 0.360 e. The van der Waals surface area contributed by atoms with Crippen molar-refractivity contribution in [2.45, 2.75) is 6.92 Å². The van der Waals surface area contributed by atoms with Gasteiger partial charge in [-0.2, -0.15) is 0 Å². The first-order valence-corrected chi connectivity index (χ1v) is 6.21. The van der Waals surface area contributed by atoms with Crippen LogP contribution in [0.3, 0.4) is 0 Å². The molecule has 0 fully saturated rings. The van der Waals surface area contributed by atoms with Crippen LogP contribution >= 0.6 is 34.2 Å². The van der Waals surface area contributed by atoms with Crippen LogP contribution in [0.1, 0.15) is 16.1 Å². The number of nitrogens with zero attached hydrogens (tertiary/aromatic N) is 1. The Morgan fingerprint density at radius 3 is 2.88 bits per heavy atom. The molecule has 0 aliphatic heterocycles. The van der Waals surface area contributed by atoms with E-state index in [-0.39, 0.29) is 5.91 Å². The van der Waals surface area contributed by atoms with Crippen molar-refractivity contribution in [2.75, 3.05) is 5.32 Å². The summed E-state index contributed by atoms with van der Waals surface area (Å²) in [6, 6.07) is 6.78. The zero-order valence-electron chi connectivity index (χ0n) is 8.83. The predicted molar refractivity (Wildman–Crippen MR) is 73.4 cm³/mol. The number of carbonyl (C=O) groups is 1. The van der Waals surface area contributed by atoms with Crippen molar-refractivity contribution in [3.63, 3.8) is 0 Å². The average Bonchev–Trinajstić information content (AvgIpc) is 2.67. The summed E-state index contributed by atoms with van der Waals surface area (Å²) in [6.45, 7) is 1.76. The van der Waals surface area contributed by atoms with Crippen LogP contribution in [0.15, 0.2) is 28.8 Å². The third-order valence-corrected chi connectivity index (χ3v) is 3.22. The molecule has 6 heteroatoms. The first-order valence-electron chi connectivity index (χ1n) is 4.76. The lowest BCUT2D eigenvalue weighted by molar-refractivity contribution is 0.102. The highest BCUT2D eigenvalue weighted by Gasteiger charge is 2.12. The van der Waals surface area contributed by atoms with Crippen molar-refractivity contribution in [3.05, 3.63) is 44.2 Å². The Bertz CT molecular complexity index is 568. The van der Waals surface area contributed by atoms with Gasteiger partial charge in [0.25, 0.3) is 5.91 Å². The second kappa shape index (κ2) is 5.05. The molecule has 2 rings (SSSR count). The number of rotatable bonds is 2. The highest BCUT2D eigenvalue weighted by molar-refractivity contribution is 14.1. The van der Waals surface area contributed by atoms with Crippen molar-refractivity contribution in [2.24, 2.45) is 0 Å². The number of aromatic nitrogens is 1. The number of nitrogens with one attached hydrogen (secondary N) is 1. The second-order valence-corrected chi connectivity index (χ2v) is 5.00. The van der Waals surface area contributed by atoms with Crippen LogP contribution in [0, 0.1) is 10.5 Å². The maximum absolute atomic E-state index is 11.9. The maximum atomic E-state index is 11.9. The molecule has 1 amide bonds. The summed E-state index contributed by atoms with van der Waals surface area (Å²) in [4.78, 5) is 11.9. The Morgan fingerprint density at radius 2 is 2.24 bits per heavy atom. The number of benzene rings is 1. The van der Waals surface area contributed by atoms with Crippen molar-refractivity contribution < 1.29 is 9.32 Å². The zero-order valence-corrected chi connectivity index (χ0v) is 11.7. The summed E-state index contributed by atoms with van der Waals surface area (Å²) in [5, 5.41) is 6.85. The molecule has 4 nitrogen and oxygen atoms in total. The maximum Gasteiger partial charge on any atom is 0.258 e. The Kier molecular flexibility index (Phi) is 3.68. The van der Waals surface area contributed by atoms with Crippen LogP contribution in [-0.4, -0.2) is 11.1 Å². The highest BCUT2D eigenvalue weighted by Crippen LogP contribution is 2.19. The molecule has 0 unspecified atom stereocenters. The summed E-state index contributed by atoms with van der Waals surface area (Å²) in [7, 11) is 0. The lowest BCUT2D eigenvalue weighted by Crippen LogP contribution is -2.13. The number of amides is 1. The standard InChI is InChI=1S/C11H8ClIN2O2/c1-6-4-10(15-17-6)14-11(16)8-5-7(12)2-3-9(8)13/h2-5H,1H3,(H,14,15,16). The van der Waals surface area contributed by atoms with Crippen molar-refractivity contribution >= 4 is 45.9 Å². The van der Waals surface area contributed by atoms with Crippen LogP contribution in [0.4, 0.5) is 5.82 Å². The summed E-state index contributed by atoms with van der Waals surface area (Å²) < 4.78 is 5.69. The average molecular weight is 363 g/mol. The minimum atomic E-state index is -0.259. The number of aryl methyl sites for hydroxylation is 1. The van der Waals surface area contributed by atoms with E-state index in [1.165, 1.54) is 0 Å². The predicted octanol–water partition coefficient (Wildman–Crippen LogP) is 3.49. The topological polar surface area (TPSA) is 55.1 Å². The molecule has 1 N–H and O–H groups in total. The third-order valence-electron chi connectivity index (χ3n) is 2.04. The van der Waals surface area contributed by atoms with Crippen molar-refractivity contribution in [1.29, 1.82) is 0 Å². The Balaban J connectivity index is 2.22. The van der Waals surface area contributed by atoms with Gasteiger partial charge in [0, 0.05) is 14.7 Å². The molecule has 88 valence electrons. The monoisotopic (exact) mass is 362 g/mol. The molecule has 0 saturated carbocycles. The van der Waals surface area contributed by atoms with Crippen molar-refractivity contribution in [1.82, 2.24) is 5.16 Å². The summed E-state index contributed by atoms with van der Waals surface area (Å²) in [6.07, 6.45) is 0. The SMILES string of the molecule is Cc1cc(NC(=O)c2cc(Cl)ccc2I)no1. The molecule has 0 atom stereocenters. The molecule has 0 radical (unpaired) electrons. The Labute approximate surface area is 116 Å². The smallest absolute Gasteiger partial charge is 0.258 e. The molecule has 1 aromatic heterocycles. The molecule has 0 saturated heterocycles. The number of halogens is 2. The van der Waals surface area contributed by atoms with Gasteiger partial charge >= 0.3 is 0 Å². The van der Waals surface area contributed by atoms with Crippen LogP contribution in [0.5, 0.6) is 0 Å². The molecule has 0 bridgehead atoms. The molecule has 0 spiro atoms. The first kappa shape index (κ1) is 12.4. The lowest BCUT2D eigenvalue weighted by atomic mass is 10.2. The van der Waals surface area contributed by atoms with E-state index >= 15 is 0 Å². The van der Waals surface area contributed by atoms with E-state index in [4.69, 9.17) is 16.1 Å². The van der Waals surface area contributed by atoms with Gasteiger partial charge in [-0.1, -0.05) is 16.8 Å². The number of anilines is 1. The Morgan fingerprint density at radius 1 is 1.47 bits per heavy atom. The van der Waals surface area contributed by atoms with Crippen LogP contribution in [-0.2, 0) is 0 Å². The quantitative estimate of drug-likeness (QED) is 0.832. The molecular formula is C11H8ClIN2O2. The van der Waals surface area contributed by atoms with E-state index in [2.05, 4.69) is 33.1 Å². The molecule has 1 heterocycles. The number of carbonyl (C=O) groups excluding carboxylic acids is 1. The molecule has 2 aromatic rings. The molecule has 0 aliphatic carbocycles. The van der Waals surface area contributed by atoms with Gasteiger partial charge in [0.15, 0.2) is 5.82 Å². The van der Waals surface area contributed by atoms with Gasteiger partial charge in [-0.15, -0.1) is 0 Å². The van der Waals surface area contributed by atoms with E-state index in [0.717, 1.165) is 3.57 Å². The first-order chi connectivity index (χ1) is 8.06. The van der Waals surface area contributed by atoms with E-state index in [1.807, 2.05) is 0 Å². The summed E-state index contributed by atoms with van der Waals surface area (Å²) in [5.41, 5.74) is 0.513. The van der Waals surface area contributed by atoms with Gasteiger partial charge in [-0.25, -0.2) is 0 Å². The van der Waals surface area contributed by atoms with Gasteiger partial charge < -0.3 is 9.84 Å². The van der Waals surface area contributed by atoms with Crippen LogP contribution in [0.25, 0.3) is 0 Å². The van der Waals surface area contributed by atoms with E-state index in [0.29, 0.717) is 22.2 Å². The van der Waals surface area contributed by atoms with Gasteiger partial charge in [-0.05, 0) is 47.7 Å². The minimum absolute atomic E-state index is 0.259. The van der Waals surface area contributed by atoms with Gasteiger partial charge in [-0.3, -0.25) is 4.79 Å². The van der Waals surface area contributed by atoms with Gasteiger partial charge in [0.05, 0.1) is 5.56 Å². The van der Waals surface area contributed by atoms with Gasteiger partial charge in [0.1, 0.15) is 5.76 Å². The van der Waals surface area contributed by atoms with Crippen LogP contribution < -0.4 is 5.32 Å².